The predicted molar refractivity (Wildman–Crippen MR) is 66.8 cm³/mol. The molecule has 1 saturated heterocycles. The van der Waals surface area contributed by atoms with Crippen molar-refractivity contribution in [1.29, 1.82) is 0 Å². The van der Waals surface area contributed by atoms with E-state index in [9.17, 15) is 4.79 Å². The van der Waals surface area contributed by atoms with Crippen molar-refractivity contribution in [3.8, 4) is 0 Å². The third kappa shape index (κ3) is 3.07. The van der Waals surface area contributed by atoms with Crippen LogP contribution in [0.1, 0.15) is 31.4 Å². The molecule has 1 aromatic rings. The van der Waals surface area contributed by atoms with E-state index in [2.05, 4.69) is 36.1 Å². The zero-order valence-electron chi connectivity index (χ0n) is 10.2. The van der Waals surface area contributed by atoms with Crippen molar-refractivity contribution in [3.05, 3.63) is 35.9 Å². The Hall–Kier alpha value is -1.35. The quantitative estimate of drug-likeness (QED) is 0.868. The Balaban J connectivity index is 1.94. The molecule has 1 aliphatic heterocycles. The van der Waals surface area contributed by atoms with Gasteiger partial charge in [0.25, 0.3) is 0 Å². The normalized spacial score (nSPS) is 22.5. The summed E-state index contributed by atoms with van der Waals surface area (Å²) in [6, 6.07) is 10.8. The molecule has 0 bridgehead atoms. The predicted octanol–water partition coefficient (Wildman–Crippen LogP) is 2.54. The highest BCUT2D eigenvalue weighted by atomic mass is 16.4. The van der Waals surface area contributed by atoms with Crippen LogP contribution in [0.25, 0.3) is 0 Å². The first-order chi connectivity index (χ1) is 8.16. The number of carboxylic acid groups (broad SMARTS) is 1. The smallest absolute Gasteiger partial charge is 0.303 e. The largest absolute Gasteiger partial charge is 0.481 e. The minimum absolute atomic E-state index is 0.304. The molecule has 2 rings (SSSR count). The van der Waals surface area contributed by atoms with E-state index in [4.69, 9.17) is 5.11 Å². The van der Waals surface area contributed by atoms with Gasteiger partial charge in [-0.05, 0) is 31.4 Å². The van der Waals surface area contributed by atoms with Gasteiger partial charge in [0.2, 0.25) is 0 Å². The maximum atomic E-state index is 10.7. The summed E-state index contributed by atoms with van der Waals surface area (Å²) in [4.78, 5) is 13.1. The first kappa shape index (κ1) is 12.1. The van der Waals surface area contributed by atoms with Crippen LogP contribution in [0.15, 0.2) is 30.3 Å². The molecule has 1 fully saturated rings. The number of hydrogen-bond donors (Lipinski definition) is 1. The zero-order valence-corrected chi connectivity index (χ0v) is 10.2. The Morgan fingerprint density at radius 1 is 1.47 bits per heavy atom. The second-order valence-corrected chi connectivity index (χ2v) is 4.83. The molecule has 0 spiro atoms. The summed E-state index contributed by atoms with van der Waals surface area (Å²) in [5.74, 6) is -0.358. The van der Waals surface area contributed by atoms with E-state index in [1.54, 1.807) is 0 Å². The second kappa shape index (κ2) is 5.32. The summed E-state index contributed by atoms with van der Waals surface area (Å²) < 4.78 is 0. The van der Waals surface area contributed by atoms with E-state index in [1.165, 1.54) is 5.56 Å². The lowest BCUT2D eigenvalue weighted by molar-refractivity contribution is -0.138. The Morgan fingerprint density at radius 2 is 2.18 bits per heavy atom. The summed E-state index contributed by atoms with van der Waals surface area (Å²) in [6.07, 6.45) is 1.31. The topological polar surface area (TPSA) is 40.5 Å². The summed E-state index contributed by atoms with van der Waals surface area (Å²) >= 11 is 0. The minimum Gasteiger partial charge on any atom is -0.481 e. The molecule has 0 saturated carbocycles. The SMILES string of the molecule is C[C@H](c1ccccc1)N1CC[C@H](CC(=O)O)C1. The molecular formula is C14H19NO2. The van der Waals surface area contributed by atoms with Gasteiger partial charge < -0.3 is 5.11 Å². The number of likely N-dealkylation sites (tertiary alicyclic amines) is 1. The van der Waals surface area contributed by atoms with Crippen LogP contribution in [0.5, 0.6) is 0 Å². The maximum Gasteiger partial charge on any atom is 0.303 e. The van der Waals surface area contributed by atoms with Crippen LogP contribution in [0.4, 0.5) is 0 Å². The molecule has 0 aromatic heterocycles. The van der Waals surface area contributed by atoms with E-state index in [1.807, 2.05) is 6.07 Å². The fourth-order valence-corrected chi connectivity index (χ4v) is 2.57. The Morgan fingerprint density at radius 3 is 2.82 bits per heavy atom. The van der Waals surface area contributed by atoms with Gasteiger partial charge in [-0.3, -0.25) is 9.69 Å². The Labute approximate surface area is 102 Å². The fourth-order valence-electron chi connectivity index (χ4n) is 2.57. The average Bonchev–Trinajstić information content (AvgIpc) is 2.77. The van der Waals surface area contributed by atoms with Crippen molar-refractivity contribution in [2.24, 2.45) is 5.92 Å². The monoisotopic (exact) mass is 233 g/mol. The number of nitrogens with zero attached hydrogens (tertiary/aromatic N) is 1. The van der Waals surface area contributed by atoms with E-state index in [0.29, 0.717) is 18.4 Å². The summed E-state index contributed by atoms with van der Waals surface area (Å²) in [6.45, 7) is 4.11. The molecule has 1 heterocycles. The van der Waals surface area contributed by atoms with Gasteiger partial charge in [0, 0.05) is 19.0 Å². The molecule has 3 heteroatoms. The molecule has 92 valence electrons. The molecule has 0 amide bonds. The molecule has 1 N–H and O–H groups in total. The van der Waals surface area contributed by atoms with E-state index >= 15 is 0 Å². The number of hydrogen-bond acceptors (Lipinski definition) is 2. The molecule has 2 atom stereocenters. The van der Waals surface area contributed by atoms with E-state index in [0.717, 1.165) is 19.5 Å². The lowest BCUT2D eigenvalue weighted by Gasteiger charge is -2.24. The van der Waals surface area contributed by atoms with Gasteiger partial charge in [0.15, 0.2) is 0 Å². The van der Waals surface area contributed by atoms with Crippen molar-refractivity contribution in [1.82, 2.24) is 4.90 Å². The van der Waals surface area contributed by atoms with Crippen LogP contribution in [0.2, 0.25) is 0 Å². The van der Waals surface area contributed by atoms with Crippen LogP contribution in [0, 0.1) is 5.92 Å². The van der Waals surface area contributed by atoms with Crippen LogP contribution in [0.3, 0.4) is 0 Å². The molecule has 0 aliphatic carbocycles. The standard InChI is InChI=1S/C14H19NO2/c1-11(13-5-3-2-4-6-13)15-8-7-12(10-15)9-14(16)17/h2-6,11-12H,7-10H2,1H3,(H,16,17)/t11-,12-/m1/s1. The first-order valence-corrected chi connectivity index (χ1v) is 6.17. The zero-order chi connectivity index (χ0) is 12.3. The van der Waals surface area contributed by atoms with Gasteiger partial charge in [0.1, 0.15) is 0 Å². The molecule has 1 aliphatic rings. The van der Waals surface area contributed by atoms with Crippen LogP contribution in [-0.4, -0.2) is 29.1 Å². The number of carboxylic acids is 1. The highest BCUT2D eigenvalue weighted by Crippen LogP contribution is 2.28. The summed E-state index contributed by atoms with van der Waals surface area (Å²) in [7, 11) is 0. The maximum absolute atomic E-state index is 10.7. The highest BCUT2D eigenvalue weighted by molar-refractivity contribution is 5.67. The Kier molecular flexibility index (Phi) is 3.79. The van der Waals surface area contributed by atoms with Gasteiger partial charge in [-0.2, -0.15) is 0 Å². The summed E-state index contributed by atoms with van der Waals surface area (Å²) in [5, 5.41) is 8.80. The molecule has 17 heavy (non-hydrogen) atoms. The molecule has 3 nitrogen and oxygen atoms in total. The van der Waals surface area contributed by atoms with E-state index < -0.39 is 5.97 Å². The third-order valence-electron chi connectivity index (χ3n) is 3.61. The summed E-state index contributed by atoms with van der Waals surface area (Å²) in [5.41, 5.74) is 1.31. The van der Waals surface area contributed by atoms with Gasteiger partial charge in [0.05, 0.1) is 0 Å². The highest BCUT2D eigenvalue weighted by Gasteiger charge is 2.27. The van der Waals surface area contributed by atoms with Gasteiger partial charge in [-0.1, -0.05) is 30.3 Å². The van der Waals surface area contributed by atoms with Crippen molar-refractivity contribution >= 4 is 5.97 Å². The van der Waals surface area contributed by atoms with Gasteiger partial charge >= 0.3 is 5.97 Å². The van der Waals surface area contributed by atoms with Crippen molar-refractivity contribution < 1.29 is 9.90 Å². The molecule has 0 unspecified atom stereocenters. The van der Waals surface area contributed by atoms with Gasteiger partial charge in [-0.25, -0.2) is 0 Å². The number of rotatable bonds is 4. The van der Waals surface area contributed by atoms with Crippen LogP contribution >= 0.6 is 0 Å². The number of aliphatic carboxylic acids is 1. The van der Waals surface area contributed by atoms with Crippen LogP contribution < -0.4 is 0 Å². The second-order valence-electron chi connectivity index (χ2n) is 4.83. The van der Waals surface area contributed by atoms with E-state index in [-0.39, 0.29) is 0 Å². The Bertz CT molecular complexity index is 377. The average molecular weight is 233 g/mol. The number of carbonyl (C=O) groups is 1. The third-order valence-corrected chi connectivity index (χ3v) is 3.61. The van der Waals surface area contributed by atoms with Crippen molar-refractivity contribution in [2.75, 3.05) is 13.1 Å². The molecule has 0 radical (unpaired) electrons. The van der Waals surface area contributed by atoms with Crippen LogP contribution in [-0.2, 0) is 4.79 Å². The first-order valence-electron chi connectivity index (χ1n) is 6.17. The molecule has 1 aromatic carbocycles. The lowest BCUT2D eigenvalue weighted by Crippen LogP contribution is -2.24. The molecular weight excluding hydrogens is 214 g/mol. The van der Waals surface area contributed by atoms with Crippen molar-refractivity contribution in [3.63, 3.8) is 0 Å². The number of benzene rings is 1. The minimum atomic E-state index is -0.677. The lowest BCUT2D eigenvalue weighted by atomic mass is 10.1. The van der Waals surface area contributed by atoms with Crippen molar-refractivity contribution in [2.45, 2.75) is 25.8 Å². The van der Waals surface area contributed by atoms with Gasteiger partial charge in [-0.15, -0.1) is 0 Å². The fraction of sp³-hybridized carbons (Fsp3) is 0.500.